The molecule has 0 unspecified atom stereocenters. The highest BCUT2D eigenvalue weighted by atomic mass is 16.7. The maximum Gasteiger partial charge on any atom is 0.328 e. The molecule has 1 aromatic heterocycles. The van der Waals surface area contributed by atoms with Crippen LogP contribution in [-0.4, -0.2) is 22.2 Å². The minimum atomic E-state index is -1.04. The lowest BCUT2D eigenvalue weighted by atomic mass is 9.98. The van der Waals surface area contributed by atoms with Crippen LogP contribution < -0.4 is 11.6 Å². The predicted octanol–water partition coefficient (Wildman–Crippen LogP) is 1.88. The summed E-state index contributed by atoms with van der Waals surface area (Å²) in [6, 6.07) is 15.1. The van der Waals surface area contributed by atoms with Crippen molar-refractivity contribution in [3.8, 4) is 0 Å². The van der Waals surface area contributed by atoms with E-state index < -0.39 is 17.7 Å². The van der Waals surface area contributed by atoms with Crippen molar-refractivity contribution >= 4 is 28.6 Å². The molecular formula is C21H21N3O4. The number of benzene rings is 2. The van der Waals surface area contributed by atoms with Gasteiger partial charge in [-0.15, -0.1) is 0 Å². The highest BCUT2D eigenvalue weighted by molar-refractivity contribution is 6.45. The molecule has 0 aliphatic rings. The van der Waals surface area contributed by atoms with Gasteiger partial charge in [-0.2, -0.15) is 5.90 Å². The molecular weight excluding hydrogens is 358 g/mol. The van der Waals surface area contributed by atoms with E-state index in [1.54, 1.807) is 12.1 Å². The Kier molecular flexibility index (Phi) is 5.56. The average Bonchev–Trinajstić information content (AvgIpc) is 3.02. The third-order valence-electron chi connectivity index (χ3n) is 4.72. The van der Waals surface area contributed by atoms with Gasteiger partial charge in [-0.05, 0) is 23.6 Å². The van der Waals surface area contributed by atoms with Crippen molar-refractivity contribution in [2.24, 2.45) is 11.6 Å². The first-order chi connectivity index (χ1) is 13.5. The molecule has 0 spiro atoms. The molecule has 1 amide bonds. The summed E-state index contributed by atoms with van der Waals surface area (Å²) in [6.45, 7) is 2.42. The summed E-state index contributed by atoms with van der Waals surface area (Å²) in [7, 11) is 0. The maximum absolute atomic E-state index is 12.7. The number of amides is 1. The molecule has 0 saturated carbocycles. The number of carbonyl (C=O) groups excluding carboxylic acids is 3. The van der Waals surface area contributed by atoms with Crippen molar-refractivity contribution in [2.75, 3.05) is 0 Å². The van der Waals surface area contributed by atoms with Crippen LogP contribution in [0.2, 0.25) is 0 Å². The zero-order valence-electron chi connectivity index (χ0n) is 15.5. The largest absolute Gasteiger partial charge is 0.373 e. The number of ketones is 1. The second-order valence-corrected chi connectivity index (χ2v) is 6.42. The smallest absolute Gasteiger partial charge is 0.328 e. The molecule has 3 rings (SSSR count). The fraction of sp³-hybridized carbons (Fsp3) is 0.190. The third-order valence-corrected chi connectivity index (χ3v) is 4.72. The number of aromatic nitrogens is 1. The van der Waals surface area contributed by atoms with Gasteiger partial charge in [0.15, 0.2) is 0 Å². The quantitative estimate of drug-likeness (QED) is 0.369. The second kappa shape index (κ2) is 8.06. The minimum absolute atomic E-state index is 0.120. The van der Waals surface area contributed by atoms with Crippen LogP contribution >= 0.6 is 0 Å². The van der Waals surface area contributed by atoms with Crippen molar-refractivity contribution in [1.29, 1.82) is 0 Å². The van der Waals surface area contributed by atoms with Gasteiger partial charge in [0.1, 0.15) is 0 Å². The summed E-state index contributed by atoms with van der Waals surface area (Å²) in [5.74, 6) is 2.52. The van der Waals surface area contributed by atoms with Crippen molar-refractivity contribution < 1.29 is 19.2 Å². The monoisotopic (exact) mass is 379 g/mol. The Balaban J connectivity index is 2.31. The minimum Gasteiger partial charge on any atom is -0.373 e. The van der Waals surface area contributed by atoms with Gasteiger partial charge in [-0.3, -0.25) is 14.4 Å². The number of hydrogen-bond donors (Lipinski definition) is 2. The zero-order chi connectivity index (χ0) is 20.3. The summed E-state index contributed by atoms with van der Waals surface area (Å²) in [5, 5.41) is 0.532. The van der Waals surface area contributed by atoms with Crippen molar-refractivity contribution in [3.05, 3.63) is 70.9 Å². The number of carbonyl (C=O) groups is 3. The van der Waals surface area contributed by atoms with Crippen LogP contribution in [0.1, 0.15) is 34.1 Å². The first kappa shape index (κ1) is 19.3. The summed E-state index contributed by atoms with van der Waals surface area (Å²) in [4.78, 5) is 40.5. The fourth-order valence-corrected chi connectivity index (χ4v) is 3.55. The summed E-state index contributed by atoms with van der Waals surface area (Å²) < 4.78 is 1.98. The number of nitrogens with zero attached hydrogens (tertiary/aromatic N) is 1. The Morgan fingerprint density at radius 1 is 1.04 bits per heavy atom. The summed E-state index contributed by atoms with van der Waals surface area (Å²) in [5.41, 5.74) is 8.58. The van der Waals surface area contributed by atoms with Gasteiger partial charge in [0.2, 0.25) is 0 Å². The zero-order valence-corrected chi connectivity index (χ0v) is 15.5. The van der Waals surface area contributed by atoms with Crippen LogP contribution in [0.25, 0.3) is 10.9 Å². The molecule has 7 heteroatoms. The first-order valence-electron chi connectivity index (χ1n) is 8.88. The molecule has 7 nitrogen and oxygen atoms in total. The van der Waals surface area contributed by atoms with Crippen molar-refractivity contribution in [3.63, 3.8) is 0 Å². The standard InChI is InChI=1S/C21H21N3O4/c1-2-15-19(20(26)21(22)27)18-14(11-17(25)28-23)9-6-10-16(18)24(15)12-13-7-4-3-5-8-13/h3-10H,2,11-12,23H2,1H3,(H2,22,27). The third kappa shape index (κ3) is 3.52. The average molecular weight is 379 g/mol. The first-order valence-corrected chi connectivity index (χ1v) is 8.88. The van der Waals surface area contributed by atoms with Crippen molar-refractivity contribution in [2.45, 2.75) is 26.3 Å². The van der Waals surface area contributed by atoms with E-state index >= 15 is 0 Å². The molecule has 0 bridgehead atoms. The number of primary amides is 1. The Bertz CT molecular complexity index is 1050. The van der Waals surface area contributed by atoms with E-state index in [0.717, 1.165) is 11.1 Å². The molecule has 1 heterocycles. The Morgan fingerprint density at radius 2 is 1.75 bits per heavy atom. The van der Waals surface area contributed by atoms with Gasteiger partial charge in [-0.25, -0.2) is 0 Å². The van der Waals surface area contributed by atoms with Gasteiger partial charge in [-0.1, -0.05) is 49.4 Å². The number of fused-ring (bicyclic) bond motifs is 1. The molecule has 2 aromatic carbocycles. The number of rotatable bonds is 7. The topological polar surface area (TPSA) is 117 Å². The molecule has 144 valence electrons. The SMILES string of the molecule is CCc1c(C(=O)C(N)=O)c2c(CC(=O)ON)cccc2n1Cc1ccccc1. The second-order valence-electron chi connectivity index (χ2n) is 6.42. The molecule has 0 saturated heterocycles. The van der Waals surface area contributed by atoms with Gasteiger partial charge in [0.25, 0.3) is 11.7 Å². The number of Topliss-reactive ketones (excluding diaryl/α,β-unsaturated/α-hetero) is 1. The Hall–Kier alpha value is -3.45. The molecule has 0 aliphatic heterocycles. The van der Waals surface area contributed by atoms with Crippen LogP contribution in [0.4, 0.5) is 0 Å². The van der Waals surface area contributed by atoms with Gasteiger partial charge >= 0.3 is 5.97 Å². The molecule has 0 atom stereocenters. The molecule has 28 heavy (non-hydrogen) atoms. The van der Waals surface area contributed by atoms with Crippen LogP contribution in [-0.2, 0) is 33.8 Å². The van der Waals surface area contributed by atoms with Crippen LogP contribution in [0.3, 0.4) is 0 Å². The highest BCUT2D eigenvalue weighted by Crippen LogP contribution is 2.31. The highest BCUT2D eigenvalue weighted by Gasteiger charge is 2.27. The van der Waals surface area contributed by atoms with E-state index in [2.05, 4.69) is 4.84 Å². The lowest BCUT2D eigenvalue weighted by molar-refractivity contribution is -0.143. The van der Waals surface area contributed by atoms with Crippen LogP contribution in [0.5, 0.6) is 0 Å². The molecule has 0 fully saturated rings. The van der Waals surface area contributed by atoms with Gasteiger partial charge < -0.3 is 15.1 Å². The van der Waals surface area contributed by atoms with E-state index in [4.69, 9.17) is 11.6 Å². The fourth-order valence-electron chi connectivity index (χ4n) is 3.55. The number of nitrogens with two attached hydrogens (primary N) is 2. The molecule has 0 radical (unpaired) electrons. The normalized spacial score (nSPS) is 10.8. The van der Waals surface area contributed by atoms with Gasteiger partial charge in [0, 0.05) is 23.1 Å². The van der Waals surface area contributed by atoms with E-state index in [1.807, 2.05) is 47.9 Å². The van der Waals surface area contributed by atoms with Crippen LogP contribution in [0, 0.1) is 0 Å². The van der Waals surface area contributed by atoms with Crippen molar-refractivity contribution in [1.82, 2.24) is 4.57 Å². The van der Waals surface area contributed by atoms with E-state index in [9.17, 15) is 14.4 Å². The molecule has 0 aliphatic carbocycles. The molecule has 4 N–H and O–H groups in total. The van der Waals surface area contributed by atoms with Gasteiger partial charge in [0.05, 0.1) is 12.0 Å². The lowest BCUT2D eigenvalue weighted by Crippen LogP contribution is -2.24. The van der Waals surface area contributed by atoms with E-state index in [0.29, 0.717) is 29.6 Å². The van der Waals surface area contributed by atoms with Crippen LogP contribution in [0.15, 0.2) is 48.5 Å². The Morgan fingerprint density at radius 3 is 2.36 bits per heavy atom. The molecule has 3 aromatic rings. The van der Waals surface area contributed by atoms with E-state index in [-0.39, 0.29) is 12.0 Å². The Labute approximate surface area is 161 Å². The maximum atomic E-state index is 12.7. The lowest BCUT2D eigenvalue weighted by Gasteiger charge is -2.10. The summed E-state index contributed by atoms with van der Waals surface area (Å²) >= 11 is 0. The summed E-state index contributed by atoms with van der Waals surface area (Å²) in [6.07, 6.45) is 0.391. The van der Waals surface area contributed by atoms with E-state index in [1.165, 1.54) is 0 Å². The predicted molar refractivity (Wildman–Crippen MR) is 104 cm³/mol. The number of hydrogen-bond acceptors (Lipinski definition) is 5.